The van der Waals surface area contributed by atoms with Crippen LogP contribution in [0.2, 0.25) is 5.02 Å². The van der Waals surface area contributed by atoms with Crippen molar-refractivity contribution < 1.29 is 9.59 Å². The van der Waals surface area contributed by atoms with Gasteiger partial charge in [-0.1, -0.05) is 23.7 Å². The molecule has 5 nitrogen and oxygen atoms in total. The molecule has 2 amide bonds. The van der Waals surface area contributed by atoms with Crippen LogP contribution in [0.25, 0.3) is 0 Å². The van der Waals surface area contributed by atoms with Crippen molar-refractivity contribution in [3.63, 3.8) is 0 Å². The van der Waals surface area contributed by atoms with Crippen LogP contribution in [-0.2, 0) is 16.1 Å². The molecule has 1 aromatic rings. The monoisotopic (exact) mass is 277 g/mol. The van der Waals surface area contributed by atoms with E-state index in [9.17, 15) is 9.59 Å². The summed E-state index contributed by atoms with van der Waals surface area (Å²) in [6.45, 7) is 0.575. The molecule has 1 N–H and O–H groups in total. The van der Waals surface area contributed by atoms with E-state index < -0.39 is 0 Å². The number of rotatable bonds is 1. The van der Waals surface area contributed by atoms with E-state index in [1.165, 1.54) is 0 Å². The standard InChI is InChI=1S/C13H12ClN3O2/c14-9-3-1-2-8-6-17(7-15-12(8)9)10-4-5-11(18)16-13(10)19/h1-3,7,10H,4-6H2,(H,16,18,19). The van der Waals surface area contributed by atoms with E-state index in [4.69, 9.17) is 11.6 Å². The van der Waals surface area contributed by atoms with Crippen molar-refractivity contribution in [1.82, 2.24) is 10.2 Å². The number of hydrogen-bond acceptors (Lipinski definition) is 4. The van der Waals surface area contributed by atoms with Gasteiger partial charge in [0, 0.05) is 13.0 Å². The van der Waals surface area contributed by atoms with Crippen LogP contribution in [-0.4, -0.2) is 29.1 Å². The Kier molecular flexibility index (Phi) is 2.98. The van der Waals surface area contributed by atoms with Gasteiger partial charge in [-0.25, -0.2) is 4.99 Å². The molecule has 0 aromatic heterocycles. The number of hydrogen-bond donors (Lipinski definition) is 1. The summed E-state index contributed by atoms with van der Waals surface area (Å²) in [5, 5.41) is 2.96. The maximum absolute atomic E-state index is 11.8. The van der Waals surface area contributed by atoms with Crippen LogP contribution in [0.5, 0.6) is 0 Å². The third kappa shape index (κ3) is 2.21. The summed E-state index contributed by atoms with van der Waals surface area (Å²) in [5.74, 6) is -0.466. The first-order valence-electron chi connectivity index (χ1n) is 6.06. The second kappa shape index (κ2) is 4.66. The number of carbonyl (C=O) groups is 2. The topological polar surface area (TPSA) is 61.8 Å². The van der Waals surface area contributed by atoms with Crippen LogP contribution in [0, 0.1) is 0 Å². The van der Waals surface area contributed by atoms with Gasteiger partial charge < -0.3 is 4.90 Å². The van der Waals surface area contributed by atoms with Crippen molar-refractivity contribution in [2.24, 2.45) is 4.99 Å². The highest BCUT2D eigenvalue weighted by molar-refractivity contribution is 6.33. The first-order valence-corrected chi connectivity index (χ1v) is 6.44. The number of halogens is 1. The highest BCUT2D eigenvalue weighted by Gasteiger charge is 2.32. The number of para-hydroxylation sites is 1. The van der Waals surface area contributed by atoms with Crippen LogP contribution < -0.4 is 5.32 Å². The van der Waals surface area contributed by atoms with E-state index in [0.717, 1.165) is 11.3 Å². The Hall–Kier alpha value is -1.88. The maximum Gasteiger partial charge on any atom is 0.249 e. The van der Waals surface area contributed by atoms with Crippen molar-refractivity contribution in [2.45, 2.75) is 25.4 Å². The molecule has 6 heteroatoms. The Balaban J connectivity index is 1.83. The van der Waals surface area contributed by atoms with E-state index in [1.807, 2.05) is 17.0 Å². The largest absolute Gasteiger partial charge is 0.346 e. The average molecular weight is 278 g/mol. The number of carbonyl (C=O) groups excluding carboxylic acids is 2. The third-order valence-electron chi connectivity index (χ3n) is 3.37. The third-order valence-corrected chi connectivity index (χ3v) is 3.67. The van der Waals surface area contributed by atoms with Gasteiger partial charge in [0.05, 0.1) is 17.0 Å². The number of fused-ring (bicyclic) bond motifs is 1. The molecule has 1 aromatic carbocycles. The van der Waals surface area contributed by atoms with Gasteiger partial charge in [0.25, 0.3) is 0 Å². The Labute approximate surface area is 115 Å². The smallest absolute Gasteiger partial charge is 0.249 e. The van der Waals surface area contributed by atoms with E-state index in [-0.39, 0.29) is 17.9 Å². The molecule has 1 saturated heterocycles. The molecule has 2 aliphatic heterocycles. The highest BCUT2D eigenvalue weighted by atomic mass is 35.5. The quantitative estimate of drug-likeness (QED) is 0.794. The van der Waals surface area contributed by atoms with Gasteiger partial charge in [0.15, 0.2) is 0 Å². The molecule has 0 bridgehead atoms. The van der Waals surface area contributed by atoms with Crippen LogP contribution in [0.1, 0.15) is 18.4 Å². The lowest BCUT2D eigenvalue weighted by atomic mass is 10.0. The molecule has 98 valence electrons. The predicted octanol–water partition coefficient (Wildman–Crippen LogP) is 1.62. The van der Waals surface area contributed by atoms with E-state index in [1.54, 1.807) is 12.4 Å². The van der Waals surface area contributed by atoms with Crippen LogP contribution in [0.15, 0.2) is 23.2 Å². The summed E-state index contributed by atoms with van der Waals surface area (Å²) in [7, 11) is 0. The number of imide groups is 1. The lowest BCUT2D eigenvalue weighted by Crippen LogP contribution is -2.52. The Bertz CT molecular complexity index is 585. The first kappa shape index (κ1) is 12.2. The molecule has 0 radical (unpaired) electrons. The molecule has 1 unspecified atom stereocenters. The SMILES string of the molecule is O=C1CCC(N2C=Nc3c(Cl)cccc3C2)C(=O)N1. The lowest BCUT2D eigenvalue weighted by molar-refractivity contribution is -0.136. The van der Waals surface area contributed by atoms with Gasteiger partial charge in [0.2, 0.25) is 11.8 Å². The summed E-state index contributed by atoms with van der Waals surface area (Å²) < 4.78 is 0. The Morgan fingerprint density at radius 1 is 1.37 bits per heavy atom. The van der Waals surface area contributed by atoms with E-state index in [2.05, 4.69) is 10.3 Å². The molecule has 0 spiro atoms. The predicted molar refractivity (Wildman–Crippen MR) is 71.3 cm³/mol. The molecule has 1 atom stereocenters. The molecule has 2 heterocycles. The Morgan fingerprint density at radius 2 is 2.21 bits per heavy atom. The molecule has 3 rings (SSSR count). The normalized spacial score (nSPS) is 22.2. The minimum absolute atomic E-state index is 0.210. The van der Waals surface area contributed by atoms with Crippen LogP contribution >= 0.6 is 11.6 Å². The minimum atomic E-state index is -0.339. The first-order chi connectivity index (χ1) is 9.15. The fraction of sp³-hybridized carbons (Fsp3) is 0.308. The Morgan fingerprint density at radius 3 is 3.00 bits per heavy atom. The van der Waals surface area contributed by atoms with Crippen LogP contribution in [0.4, 0.5) is 5.69 Å². The second-order valence-electron chi connectivity index (χ2n) is 4.63. The summed E-state index contributed by atoms with van der Waals surface area (Å²) in [4.78, 5) is 29.1. The van der Waals surface area contributed by atoms with Gasteiger partial charge in [0.1, 0.15) is 6.04 Å². The van der Waals surface area contributed by atoms with Gasteiger partial charge in [-0.15, -0.1) is 0 Å². The molecule has 2 aliphatic rings. The van der Waals surface area contributed by atoms with Crippen LogP contribution in [0.3, 0.4) is 0 Å². The zero-order chi connectivity index (χ0) is 13.4. The molecule has 0 aliphatic carbocycles. The van der Waals surface area contributed by atoms with Gasteiger partial charge in [-0.3, -0.25) is 14.9 Å². The number of amides is 2. The summed E-state index contributed by atoms with van der Waals surface area (Å²) in [6.07, 6.45) is 2.52. The second-order valence-corrected chi connectivity index (χ2v) is 5.04. The van der Waals surface area contributed by atoms with Crippen molar-refractivity contribution >= 4 is 35.4 Å². The average Bonchev–Trinajstić information content (AvgIpc) is 2.38. The fourth-order valence-electron chi connectivity index (χ4n) is 2.39. The fourth-order valence-corrected chi connectivity index (χ4v) is 2.63. The minimum Gasteiger partial charge on any atom is -0.346 e. The van der Waals surface area contributed by atoms with Gasteiger partial charge in [-0.2, -0.15) is 0 Å². The number of aliphatic imine (C=N–C) groups is 1. The summed E-state index contributed by atoms with van der Waals surface area (Å²) in [5.41, 5.74) is 1.74. The number of piperidine rings is 1. The number of nitrogens with one attached hydrogen (secondary N) is 1. The van der Waals surface area contributed by atoms with E-state index in [0.29, 0.717) is 24.4 Å². The van der Waals surface area contributed by atoms with Crippen molar-refractivity contribution in [2.75, 3.05) is 0 Å². The summed E-state index contributed by atoms with van der Waals surface area (Å²) >= 11 is 6.07. The molecule has 1 fully saturated rings. The number of benzene rings is 1. The van der Waals surface area contributed by atoms with E-state index >= 15 is 0 Å². The van der Waals surface area contributed by atoms with Crippen molar-refractivity contribution in [3.8, 4) is 0 Å². The summed E-state index contributed by atoms with van der Waals surface area (Å²) in [6, 6.07) is 5.26. The maximum atomic E-state index is 11.8. The molecular formula is C13H12ClN3O2. The molecule has 0 saturated carbocycles. The van der Waals surface area contributed by atoms with Crippen molar-refractivity contribution in [1.29, 1.82) is 0 Å². The highest BCUT2D eigenvalue weighted by Crippen LogP contribution is 2.32. The zero-order valence-electron chi connectivity index (χ0n) is 10.1. The van der Waals surface area contributed by atoms with Gasteiger partial charge in [-0.05, 0) is 18.1 Å². The number of nitrogens with zero attached hydrogens (tertiary/aromatic N) is 2. The molecular weight excluding hydrogens is 266 g/mol. The lowest BCUT2D eigenvalue weighted by Gasteiger charge is -2.33. The zero-order valence-corrected chi connectivity index (χ0v) is 10.9. The van der Waals surface area contributed by atoms with Crippen molar-refractivity contribution in [3.05, 3.63) is 28.8 Å². The van der Waals surface area contributed by atoms with Gasteiger partial charge >= 0.3 is 0 Å². The molecule has 19 heavy (non-hydrogen) atoms.